The Hall–Kier alpha value is -2.54. The summed E-state index contributed by atoms with van der Waals surface area (Å²) in [6, 6.07) is 0. The monoisotopic (exact) mass is 618 g/mol. The molecule has 1 aliphatic heterocycles. The lowest BCUT2D eigenvalue weighted by Gasteiger charge is -2.54. The Labute approximate surface area is 272 Å². The third-order valence-corrected chi connectivity index (χ3v) is 10.2. The van der Waals surface area contributed by atoms with Gasteiger partial charge in [-0.15, -0.1) is 0 Å². The molecule has 2 aliphatic carbocycles. The molecular weight excluding hydrogens is 560 g/mol. The SMILES string of the molecule is CC(/C=C/C=C(C)/C=C/[C@@]12O[C@]1(C)C[C@@H](O)CC2(C)C)=C\C=C\C=C(C)\C=C\C=C(C)\C=C\[C@]1(O)C(C)(C)C[C@H](O)C[C@]1(C)O. The predicted octanol–water partition coefficient (Wildman–Crippen LogP) is 7.92. The van der Waals surface area contributed by atoms with E-state index < -0.39 is 22.7 Å². The highest BCUT2D eigenvalue weighted by Crippen LogP contribution is 2.66. The van der Waals surface area contributed by atoms with E-state index in [1.807, 2.05) is 70.2 Å². The third kappa shape index (κ3) is 8.25. The number of rotatable bonds is 10. The highest BCUT2D eigenvalue weighted by Gasteiger charge is 2.74. The van der Waals surface area contributed by atoms with Crippen molar-refractivity contribution in [1.82, 2.24) is 0 Å². The van der Waals surface area contributed by atoms with Crippen LogP contribution in [-0.4, -0.2) is 55.0 Å². The summed E-state index contributed by atoms with van der Waals surface area (Å²) in [6.07, 6.45) is 29.3. The maximum absolute atomic E-state index is 11.4. The van der Waals surface area contributed by atoms with Gasteiger partial charge in [-0.05, 0) is 66.5 Å². The summed E-state index contributed by atoms with van der Waals surface area (Å²) in [5.74, 6) is 0. The van der Waals surface area contributed by atoms with Crippen molar-refractivity contribution in [3.8, 4) is 0 Å². The van der Waals surface area contributed by atoms with Gasteiger partial charge in [0, 0.05) is 23.7 Å². The smallest absolute Gasteiger partial charge is 0.121 e. The molecule has 3 fully saturated rings. The van der Waals surface area contributed by atoms with Crippen LogP contribution in [0.5, 0.6) is 0 Å². The molecule has 6 atom stereocenters. The molecule has 0 aromatic heterocycles. The van der Waals surface area contributed by atoms with Gasteiger partial charge in [0.2, 0.25) is 0 Å². The topological polar surface area (TPSA) is 93.5 Å². The number of ether oxygens (including phenoxy) is 1. The zero-order valence-corrected chi connectivity index (χ0v) is 29.3. The highest BCUT2D eigenvalue weighted by atomic mass is 16.6. The van der Waals surface area contributed by atoms with E-state index in [1.165, 1.54) is 0 Å². The normalized spacial score (nSPS) is 37.9. The summed E-state index contributed by atoms with van der Waals surface area (Å²) in [5, 5.41) is 42.7. The van der Waals surface area contributed by atoms with Crippen molar-refractivity contribution in [2.45, 2.75) is 130 Å². The molecule has 1 saturated heterocycles. The van der Waals surface area contributed by atoms with Crippen LogP contribution in [-0.2, 0) is 4.74 Å². The molecule has 45 heavy (non-hydrogen) atoms. The first-order valence-electron chi connectivity index (χ1n) is 16.3. The highest BCUT2D eigenvalue weighted by molar-refractivity contribution is 5.37. The lowest BCUT2D eigenvalue weighted by Crippen LogP contribution is -2.65. The van der Waals surface area contributed by atoms with E-state index in [-0.39, 0.29) is 29.1 Å². The number of aliphatic hydroxyl groups is 4. The second-order valence-electron chi connectivity index (χ2n) is 15.4. The van der Waals surface area contributed by atoms with Gasteiger partial charge in [0.1, 0.15) is 16.8 Å². The zero-order valence-electron chi connectivity index (χ0n) is 29.3. The van der Waals surface area contributed by atoms with Crippen LogP contribution in [0.4, 0.5) is 0 Å². The Morgan fingerprint density at radius 3 is 1.47 bits per heavy atom. The lowest BCUT2D eigenvalue weighted by atomic mass is 9.57. The van der Waals surface area contributed by atoms with Gasteiger partial charge in [0.15, 0.2) is 0 Å². The summed E-state index contributed by atoms with van der Waals surface area (Å²) in [5.41, 5.74) is 0.0896. The number of aliphatic hydroxyl groups excluding tert-OH is 2. The third-order valence-electron chi connectivity index (χ3n) is 10.2. The van der Waals surface area contributed by atoms with E-state index in [0.29, 0.717) is 12.8 Å². The number of fused-ring (bicyclic) bond motifs is 1. The van der Waals surface area contributed by atoms with E-state index >= 15 is 0 Å². The van der Waals surface area contributed by atoms with Crippen LogP contribution in [0.25, 0.3) is 0 Å². The van der Waals surface area contributed by atoms with E-state index in [4.69, 9.17) is 4.74 Å². The Bertz CT molecular complexity index is 1340. The fourth-order valence-corrected chi connectivity index (χ4v) is 7.48. The van der Waals surface area contributed by atoms with E-state index in [0.717, 1.165) is 28.7 Å². The van der Waals surface area contributed by atoms with Crippen molar-refractivity contribution in [3.63, 3.8) is 0 Å². The number of hydrogen-bond acceptors (Lipinski definition) is 5. The van der Waals surface area contributed by atoms with Crippen molar-refractivity contribution < 1.29 is 25.2 Å². The zero-order chi connectivity index (χ0) is 33.9. The summed E-state index contributed by atoms with van der Waals surface area (Å²) in [4.78, 5) is 0. The molecule has 0 spiro atoms. The number of allylic oxidation sites excluding steroid dienone is 16. The van der Waals surface area contributed by atoms with Gasteiger partial charge in [0.25, 0.3) is 0 Å². The van der Waals surface area contributed by atoms with Crippen LogP contribution in [0.3, 0.4) is 0 Å². The van der Waals surface area contributed by atoms with Crippen molar-refractivity contribution in [3.05, 3.63) is 107 Å². The van der Waals surface area contributed by atoms with Crippen LogP contribution < -0.4 is 0 Å². The second kappa shape index (κ2) is 13.7. The number of hydrogen-bond donors (Lipinski definition) is 4. The molecule has 0 unspecified atom stereocenters. The maximum atomic E-state index is 11.4. The molecule has 3 aliphatic rings. The van der Waals surface area contributed by atoms with Crippen LogP contribution in [0.1, 0.15) is 94.9 Å². The fraction of sp³-hybridized carbons (Fsp3) is 0.550. The predicted molar refractivity (Wildman–Crippen MR) is 187 cm³/mol. The van der Waals surface area contributed by atoms with Crippen molar-refractivity contribution in [2.75, 3.05) is 0 Å². The van der Waals surface area contributed by atoms with Crippen molar-refractivity contribution in [2.24, 2.45) is 10.8 Å². The van der Waals surface area contributed by atoms with Crippen molar-refractivity contribution >= 4 is 0 Å². The standard InChI is InChI=1S/C40H58O5/c1-29(17-13-19-31(3)21-23-39(44)35(5,6)25-33(41)27-37(39,9)43)15-11-12-16-30(2)18-14-20-32(4)22-24-40-36(7,8)26-34(42)28-38(40,10)45-40/h11-24,33-34,41-44H,25-28H2,1-10H3/b12-11+,17-13+,18-14+,23-21+,24-22+,29-15+,30-16+,31-19+,32-20+/t33-,34-,37-,38+,39-,40-/m0/s1. The average Bonchev–Trinajstić information content (AvgIpc) is 3.52. The van der Waals surface area contributed by atoms with Crippen LogP contribution in [0.15, 0.2) is 107 Å². The summed E-state index contributed by atoms with van der Waals surface area (Å²) >= 11 is 0. The van der Waals surface area contributed by atoms with E-state index in [2.05, 4.69) is 71.1 Å². The first-order valence-corrected chi connectivity index (χ1v) is 16.3. The Morgan fingerprint density at radius 1 is 0.556 bits per heavy atom. The number of epoxide rings is 1. The molecule has 0 bridgehead atoms. The minimum absolute atomic E-state index is 0.111. The Balaban J connectivity index is 1.52. The molecule has 1 heterocycles. The molecule has 2 saturated carbocycles. The van der Waals surface area contributed by atoms with Crippen LogP contribution in [0, 0.1) is 10.8 Å². The van der Waals surface area contributed by atoms with Crippen LogP contribution >= 0.6 is 0 Å². The van der Waals surface area contributed by atoms with Gasteiger partial charge >= 0.3 is 0 Å². The molecule has 0 radical (unpaired) electrons. The summed E-state index contributed by atoms with van der Waals surface area (Å²) in [6.45, 7) is 20.0. The Morgan fingerprint density at radius 2 is 0.978 bits per heavy atom. The Kier molecular flexibility index (Phi) is 11.2. The van der Waals surface area contributed by atoms with Gasteiger partial charge in [-0.25, -0.2) is 0 Å². The average molecular weight is 619 g/mol. The second-order valence-corrected chi connectivity index (χ2v) is 15.4. The molecular formula is C40H58O5. The van der Waals surface area contributed by atoms with Gasteiger partial charge in [-0.2, -0.15) is 0 Å². The molecule has 3 rings (SSSR count). The quantitative estimate of drug-likeness (QED) is 0.147. The van der Waals surface area contributed by atoms with E-state index in [1.54, 1.807) is 13.0 Å². The molecule has 0 aromatic carbocycles. The van der Waals surface area contributed by atoms with Gasteiger partial charge in [0.05, 0.1) is 17.8 Å². The largest absolute Gasteiger partial charge is 0.393 e. The molecule has 5 nitrogen and oxygen atoms in total. The van der Waals surface area contributed by atoms with Gasteiger partial charge in [-0.1, -0.05) is 123 Å². The fourth-order valence-electron chi connectivity index (χ4n) is 7.48. The minimum Gasteiger partial charge on any atom is -0.393 e. The molecule has 248 valence electrons. The molecule has 5 heteroatoms. The summed E-state index contributed by atoms with van der Waals surface area (Å²) in [7, 11) is 0. The summed E-state index contributed by atoms with van der Waals surface area (Å²) < 4.78 is 6.24. The van der Waals surface area contributed by atoms with Gasteiger partial charge < -0.3 is 25.2 Å². The molecule has 0 amide bonds. The van der Waals surface area contributed by atoms with E-state index in [9.17, 15) is 20.4 Å². The van der Waals surface area contributed by atoms with Crippen molar-refractivity contribution in [1.29, 1.82) is 0 Å². The first kappa shape index (κ1) is 36.9. The maximum Gasteiger partial charge on any atom is 0.121 e. The molecule has 4 N–H and O–H groups in total. The van der Waals surface area contributed by atoms with Crippen LogP contribution in [0.2, 0.25) is 0 Å². The first-order chi connectivity index (χ1) is 20.7. The lowest BCUT2D eigenvalue weighted by molar-refractivity contribution is -0.216. The molecule has 0 aromatic rings. The minimum atomic E-state index is -1.45. The van der Waals surface area contributed by atoms with Gasteiger partial charge in [-0.3, -0.25) is 0 Å².